The Balaban J connectivity index is 1.37. The normalized spacial score (nSPS) is 17.9. The molecule has 1 heterocycles. The van der Waals surface area contributed by atoms with Crippen molar-refractivity contribution in [3.05, 3.63) is 59.2 Å². The van der Waals surface area contributed by atoms with Crippen LogP contribution in [0.3, 0.4) is 0 Å². The third-order valence-electron chi connectivity index (χ3n) is 5.63. The summed E-state index contributed by atoms with van der Waals surface area (Å²) in [6.07, 6.45) is 3.02. The molecule has 32 heavy (non-hydrogen) atoms. The van der Waals surface area contributed by atoms with E-state index >= 15 is 0 Å². The molecular formula is C24H28N2O5S. The molecule has 0 aromatic heterocycles. The molecule has 0 bridgehead atoms. The predicted octanol–water partition coefficient (Wildman–Crippen LogP) is 3.53. The highest BCUT2D eigenvalue weighted by molar-refractivity contribution is 7.90. The molecule has 1 fully saturated rings. The van der Waals surface area contributed by atoms with Crippen LogP contribution in [-0.2, 0) is 16.4 Å². The molecule has 0 spiro atoms. The van der Waals surface area contributed by atoms with Gasteiger partial charge in [-0.25, -0.2) is 12.7 Å². The molecule has 1 aliphatic carbocycles. The lowest BCUT2D eigenvalue weighted by molar-refractivity contribution is 0.0863. The zero-order valence-electron chi connectivity index (χ0n) is 18.5. The third kappa shape index (κ3) is 4.50. The van der Waals surface area contributed by atoms with Crippen molar-refractivity contribution in [1.82, 2.24) is 9.62 Å². The van der Waals surface area contributed by atoms with E-state index in [1.54, 1.807) is 0 Å². The monoisotopic (exact) mass is 456 g/mol. The minimum absolute atomic E-state index is 0.0709. The molecule has 1 unspecified atom stereocenters. The number of ether oxygens (including phenoxy) is 1. The first-order chi connectivity index (χ1) is 15.2. The molecule has 2 aromatic carbocycles. The number of carbonyl (C=O) groups excluding carboxylic acids is 2. The number of aryl methyl sites for hydroxylation is 1. The number of hydrogen-bond donors (Lipinski definition) is 1. The highest BCUT2D eigenvalue weighted by Gasteiger charge is 2.48. The number of benzene rings is 2. The van der Waals surface area contributed by atoms with Gasteiger partial charge in [-0.05, 0) is 82.3 Å². The van der Waals surface area contributed by atoms with Crippen molar-refractivity contribution in [3.8, 4) is 5.75 Å². The van der Waals surface area contributed by atoms with E-state index in [9.17, 15) is 18.0 Å². The Kier molecular flexibility index (Phi) is 5.99. The van der Waals surface area contributed by atoms with Crippen LogP contribution in [0.2, 0.25) is 0 Å². The van der Waals surface area contributed by atoms with Crippen molar-refractivity contribution in [2.75, 3.05) is 0 Å². The Morgan fingerprint density at radius 3 is 2.44 bits per heavy atom. The van der Waals surface area contributed by atoms with Crippen molar-refractivity contribution in [2.24, 2.45) is 0 Å². The van der Waals surface area contributed by atoms with Gasteiger partial charge in [0, 0.05) is 17.6 Å². The molecule has 1 aliphatic heterocycles. The second-order valence-corrected chi connectivity index (χ2v) is 10.6. The average Bonchev–Trinajstić information content (AvgIpc) is 3.54. The Labute approximate surface area is 188 Å². The second-order valence-electron chi connectivity index (χ2n) is 8.77. The van der Waals surface area contributed by atoms with E-state index in [2.05, 4.69) is 5.32 Å². The summed E-state index contributed by atoms with van der Waals surface area (Å²) in [5.74, 6) is -0.0171. The Morgan fingerprint density at radius 1 is 1.12 bits per heavy atom. The van der Waals surface area contributed by atoms with Crippen LogP contribution in [0.5, 0.6) is 5.75 Å². The highest BCUT2D eigenvalue weighted by atomic mass is 32.2. The van der Waals surface area contributed by atoms with E-state index in [-0.39, 0.29) is 40.1 Å². The molecule has 0 saturated heterocycles. The lowest BCUT2D eigenvalue weighted by atomic mass is 10.1. The Hall–Kier alpha value is -2.87. The summed E-state index contributed by atoms with van der Waals surface area (Å²) in [6.45, 7) is 5.88. The molecule has 2 aliphatic rings. The standard InChI is InChI=1S/C24H28N2O5S/c1-15(2)31-20-11-6-17(7-12-20)5-4-16(3)25-23(27)18-8-13-21-22(14-18)32(29,30)26(24(21)28)19-9-10-19/h6-8,11-16,19H,4-5,9-10H2,1-3H3,(H,25,27). The van der Waals surface area contributed by atoms with Crippen LogP contribution in [0.25, 0.3) is 0 Å². The van der Waals surface area contributed by atoms with Crippen LogP contribution < -0.4 is 10.1 Å². The van der Waals surface area contributed by atoms with Crippen LogP contribution in [0.15, 0.2) is 47.4 Å². The molecule has 0 radical (unpaired) electrons. The number of sulfonamides is 1. The van der Waals surface area contributed by atoms with Crippen LogP contribution >= 0.6 is 0 Å². The molecule has 2 amide bonds. The Bertz CT molecular complexity index is 1140. The maximum atomic E-state index is 12.8. The summed E-state index contributed by atoms with van der Waals surface area (Å²) in [5, 5.41) is 2.92. The average molecular weight is 457 g/mol. The second kappa shape index (κ2) is 8.58. The minimum atomic E-state index is -3.88. The van der Waals surface area contributed by atoms with Gasteiger partial charge in [0.2, 0.25) is 0 Å². The number of amides is 2. The van der Waals surface area contributed by atoms with Crippen molar-refractivity contribution in [2.45, 2.75) is 69.5 Å². The summed E-state index contributed by atoms with van der Waals surface area (Å²) in [6, 6.07) is 11.8. The fourth-order valence-electron chi connectivity index (χ4n) is 3.83. The van der Waals surface area contributed by atoms with Gasteiger partial charge in [0.1, 0.15) is 10.6 Å². The van der Waals surface area contributed by atoms with Gasteiger partial charge in [0.25, 0.3) is 21.8 Å². The summed E-state index contributed by atoms with van der Waals surface area (Å²) in [4.78, 5) is 25.1. The Morgan fingerprint density at radius 2 is 1.81 bits per heavy atom. The fourth-order valence-corrected chi connectivity index (χ4v) is 5.67. The van der Waals surface area contributed by atoms with Crippen LogP contribution in [-0.4, -0.2) is 42.7 Å². The maximum Gasteiger partial charge on any atom is 0.269 e. The van der Waals surface area contributed by atoms with Crippen LogP contribution in [0.1, 0.15) is 66.3 Å². The molecular weight excluding hydrogens is 428 g/mol. The van der Waals surface area contributed by atoms with Gasteiger partial charge in [-0.1, -0.05) is 12.1 Å². The largest absolute Gasteiger partial charge is 0.491 e. The van der Waals surface area contributed by atoms with Gasteiger partial charge >= 0.3 is 0 Å². The molecule has 8 heteroatoms. The van der Waals surface area contributed by atoms with E-state index in [0.29, 0.717) is 12.8 Å². The summed E-state index contributed by atoms with van der Waals surface area (Å²) >= 11 is 0. The van der Waals surface area contributed by atoms with Crippen molar-refractivity contribution in [1.29, 1.82) is 0 Å². The van der Waals surface area contributed by atoms with E-state index in [1.807, 2.05) is 45.0 Å². The van der Waals surface area contributed by atoms with Crippen LogP contribution in [0, 0.1) is 0 Å². The van der Waals surface area contributed by atoms with Gasteiger partial charge in [0.05, 0.1) is 11.7 Å². The summed E-state index contributed by atoms with van der Waals surface area (Å²) in [5.41, 5.74) is 1.52. The molecule has 1 saturated carbocycles. The first kappa shape index (κ1) is 22.3. The first-order valence-electron chi connectivity index (χ1n) is 11.0. The first-order valence-corrected chi connectivity index (χ1v) is 12.4. The molecule has 4 rings (SSSR count). The molecule has 170 valence electrons. The van der Waals surface area contributed by atoms with Crippen LogP contribution in [0.4, 0.5) is 0 Å². The summed E-state index contributed by atoms with van der Waals surface area (Å²) < 4.78 is 32.2. The maximum absolute atomic E-state index is 12.8. The van der Waals surface area contributed by atoms with E-state index < -0.39 is 15.9 Å². The number of nitrogens with one attached hydrogen (secondary N) is 1. The number of hydrogen-bond acceptors (Lipinski definition) is 5. The number of carbonyl (C=O) groups is 2. The highest BCUT2D eigenvalue weighted by Crippen LogP contribution is 2.39. The lowest BCUT2D eigenvalue weighted by Crippen LogP contribution is -2.33. The summed E-state index contributed by atoms with van der Waals surface area (Å²) in [7, 11) is -3.88. The number of fused-ring (bicyclic) bond motifs is 1. The SMILES string of the molecule is CC(CCc1ccc(OC(C)C)cc1)NC(=O)c1ccc2c(c1)S(=O)(=O)N(C1CC1)C2=O. The van der Waals surface area contributed by atoms with Crippen molar-refractivity contribution < 1.29 is 22.7 Å². The van der Waals surface area contributed by atoms with Gasteiger partial charge < -0.3 is 10.1 Å². The topological polar surface area (TPSA) is 92.8 Å². The third-order valence-corrected chi connectivity index (χ3v) is 7.50. The zero-order chi connectivity index (χ0) is 23.0. The predicted molar refractivity (Wildman–Crippen MR) is 120 cm³/mol. The lowest BCUT2D eigenvalue weighted by Gasteiger charge is -2.15. The van der Waals surface area contributed by atoms with Gasteiger partial charge in [-0.15, -0.1) is 0 Å². The van der Waals surface area contributed by atoms with Gasteiger partial charge in [0.15, 0.2) is 0 Å². The molecule has 1 atom stereocenters. The smallest absolute Gasteiger partial charge is 0.269 e. The molecule has 2 aromatic rings. The minimum Gasteiger partial charge on any atom is -0.491 e. The van der Waals surface area contributed by atoms with Gasteiger partial charge in [-0.2, -0.15) is 0 Å². The number of rotatable bonds is 8. The van der Waals surface area contributed by atoms with Gasteiger partial charge in [-0.3, -0.25) is 9.59 Å². The zero-order valence-corrected chi connectivity index (χ0v) is 19.3. The molecule has 1 N–H and O–H groups in total. The van der Waals surface area contributed by atoms with E-state index in [1.165, 1.54) is 18.2 Å². The molecule has 7 nitrogen and oxygen atoms in total. The van der Waals surface area contributed by atoms with Crippen molar-refractivity contribution in [3.63, 3.8) is 0 Å². The quantitative estimate of drug-likeness (QED) is 0.656. The van der Waals surface area contributed by atoms with E-state index in [4.69, 9.17) is 4.74 Å². The van der Waals surface area contributed by atoms with Crippen molar-refractivity contribution >= 4 is 21.8 Å². The van der Waals surface area contributed by atoms with E-state index in [0.717, 1.165) is 28.5 Å². The number of nitrogens with zero attached hydrogens (tertiary/aromatic N) is 1. The fraction of sp³-hybridized carbons (Fsp3) is 0.417.